The van der Waals surface area contributed by atoms with Crippen LogP contribution in [0.3, 0.4) is 0 Å². The van der Waals surface area contributed by atoms with Crippen LogP contribution in [-0.2, 0) is 23.7 Å². The van der Waals surface area contributed by atoms with Crippen LogP contribution in [0.1, 0.15) is 47.6 Å². The minimum Gasteiger partial charge on any atom is -0.463 e. The summed E-state index contributed by atoms with van der Waals surface area (Å²) in [5, 5.41) is 20.7. The largest absolute Gasteiger partial charge is 0.463 e. The van der Waals surface area contributed by atoms with E-state index in [0.29, 0.717) is 6.29 Å². The molecule has 2 N–H and O–H groups in total. The average molecular weight is 553 g/mol. The predicted octanol–water partition coefficient (Wildman–Crippen LogP) is 1.17. The highest BCUT2D eigenvalue weighted by molar-refractivity contribution is 5.99. The normalized spacial score (nSPS) is 31.1. The third-order valence-electron chi connectivity index (χ3n) is 6.91. The summed E-state index contributed by atoms with van der Waals surface area (Å²) in [6, 6.07) is 2.59. The number of aldehydes is 1. The molecule has 0 unspecified atom stereocenters. The lowest BCUT2D eigenvalue weighted by Gasteiger charge is -2.38. The van der Waals surface area contributed by atoms with Gasteiger partial charge in [0, 0.05) is 27.1 Å². The number of hydrogen-bond acceptors (Lipinski definition) is 13. The van der Waals surface area contributed by atoms with Crippen LogP contribution in [-0.4, -0.2) is 93.0 Å². The van der Waals surface area contributed by atoms with Gasteiger partial charge in [-0.05, 0) is 31.4 Å². The zero-order valence-corrected chi connectivity index (χ0v) is 22.2. The van der Waals surface area contributed by atoms with Crippen molar-refractivity contribution < 1.29 is 57.4 Å². The summed E-state index contributed by atoms with van der Waals surface area (Å²) in [5.41, 5.74) is -0.983. The number of aliphatic hydroxyl groups excluding tert-OH is 2. The maximum atomic E-state index is 13.2. The third-order valence-corrected chi connectivity index (χ3v) is 6.91. The Morgan fingerprint density at radius 3 is 1.95 bits per heavy atom. The zero-order chi connectivity index (χ0) is 28.4. The van der Waals surface area contributed by atoms with E-state index in [1.165, 1.54) is 26.4 Å². The second-order valence-corrected chi connectivity index (χ2v) is 9.37. The molecule has 214 valence electrons. The number of aliphatic hydroxyl groups is 2. The van der Waals surface area contributed by atoms with Gasteiger partial charge in [0.2, 0.25) is 18.3 Å². The number of methoxy groups -OCH3 is 3. The van der Waals surface area contributed by atoms with Gasteiger partial charge in [0.15, 0.2) is 17.8 Å². The predicted molar refractivity (Wildman–Crippen MR) is 132 cm³/mol. The van der Waals surface area contributed by atoms with E-state index in [-0.39, 0.29) is 46.4 Å². The van der Waals surface area contributed by atoms with Crippen LogP contribution >= 0.6 is 0 Å². The molecule has 2 aliphatic heterocycles. The van der Waals surface area contributed by atoms with Gasteiger partial charge in [0.1, 0.15) is 17.6 Å². The van der Waals surface area contributed by atoms with E-state index in [2.05, 4.69) is 4.74 Å². The quantitative estimate of drug-likeness (QED) is 0.354. The molecule has 0 saturated carbocycles. The van der Waals surface area contributed by atoms with Gasteiger partial charge in [-0.2, -0.15) is 0 Å². The Balaban J connectivity index is 1.84. The third kappa shape index (κ3) is 5.78. The fourth-order valence-electron chi connectivity index (χ4n) is 4.75. The lowest BCUT2D eigenvalue weighted by atomic mass is 10.0. The number of carbonyl (C=O) groups excluding carboxylic acids is 2. The Labute approximate surface area is 223 Å². The molecule has 1 aromatic carbocycles. The van der Waals surface area contributed by atoms with Gasteiger partial charge in [0.25, 0.3) is 0 Å². The van der Waals surface area contributed by atoms with Crippen molar-refractivity contribution in [3.05, 3.63) is 33.9 Å². The first kappa shape index (κ1) is 28.9. The van der Waals surface area contributed by atoms with Gasteiger partial charge < -0.3 is 47.8 Å². The number of ether oxygens (including phenoxy) is 7. The van der Waals surface area contributed by atoms with E-state index in [0.717, 1.165) is 7.11 Å². The highest BCUT2D eigenvalue weighted by Crippen LogP contribution is 2.41. The summed E-state index contributed by atoms with van der Waals surface area (Å²) in [5.74, 6) is -1.60. The van der Waals surface area contributed by atoms with Crippen molar-refractivity contribution in [1.82, 2.24) is 0 Å². The molecule has 2 fully saturated rings. The molecule has 0 radical (unpaired) electrons. The van der Waals surface area contributed by atoms with E-state index in [4.69, 9.17) is 32.8 Å². The molecule has 3 heterocycles. The summed E-state index contributed by atoms with van der Waals surface area (Å²) >= 11 is 0. The molecule has 0 aliphatic carbocycles. The Hall–Kier alpha value is -3.07. The first-order valence-corrected chi connectivity index (χ1v) is 12.4. The fourth-order valence-corrected chi connectivity index (χ4v) is 4.75. The number of fused-ring (bicyclic) bond motifs is 1. The van der Waals surface area contributed by atoms with Crippen LogP contribution in [0.2, 0.25) is 0 Å². The molecule has 2 aliphatic rings. The van der Waals surface area contributed by atoms with E-state index in [1.807, 2.05) is 0 Å². The zero-order valence-electron chi connectivity index (χ0n) is 22.2. The second-order valence-electron chi connectivity index (χ2n) is 9.37. The second kappa shape index (κ2) is 12.0. The van der Waals surface area contributed by atoms with E-state index < -0.39 is 60.8 Å². The van der Waals surface area contributed by atoms with Gasteiger partial charge in [0.05, 0.1) is 37.1 Å². The summed E-state index contributed by atoms with van der Waals surface area (Å²) in [7, 11) is 4.01. The van der Waals surface area contributed by atoms with Gasteiger partial charge in [-0.1, -0.05) is 0 Å². The molecule has 13 nitrogen and oxygen atoms in total. The molecule has 8 atom stereocenters. The molecule has 2 aromatic rings. The lowest BCUT2D eigenvalue weighted by molar-refractivity contribution is -0.227. The van der Waals surface area contributed by atoms with Crippen LogP contribution in [0, 0.1) is 0 Å². The molecule has 0 spiro atoms. The Morgan fingerprint density at radius 1 is 0.923 bits per heavy atom. The van der Waals surface area contributed by atoms with Crippen molar-refractivity contribution in [2.24, 2.45) is 0 Å². The fraction of sp³-hybridized carbons (Fsp3) is 0.577. The highest BCUT2D eigenvalue weighted by Gasteiger charge is 2.40. The molecule has 4 rings (SSSR count). The van der Waals surface area contributed by atoms with Gasteiger partial charge >= 0.3 is 11.6 Å². The first-order chi connectivity index (χ1) is 18.6. The minimum absolute atomic E-state index is 0.0255. The average Bonchev–Trinajstić information content (AvgIpc) is 2.92. The summed E-state index contributed by atoms with van der Waals surface area (Å²) in [6.07, 6.45) is -5.80. The smallest absolute Gasteiger partial charge is 0.374 e. The van der Waals surface area contributed by atoms with Crippen molar-refractivity contribution in [3.8, 4) is 11.5 Å². The highest BCUT2D eigenvalue weighted by atomic mass is 16.7. The number of carbonyl (C=O) groups is 2. The molecular weight excluding hydrogens is 520 g/mol. The number of rotatable bonds is 8. The lowest BCUT2D eigenvalue weighted by Crippen LogP contribution is -2.50. The maximum absolute atomic E-state index is 13.2. The van der Waals surface area contributed by atoms with E-state index >= 15 is 0 Å². The Bertz CT molecular complexity index is 1260. The molecule has 39 heavy (non-hydrogen) atoms. The van der Waals surface area contributed by atoms with E-state index in [9.17, 15) is 24.6 Å². The summed E-state index contributed by atoms with van der Waals surface area (Å²) in [6.45, 7) is 3.27. The number of benzene rings is 1. The molecule has 2 saturated heterocycles. The van der Waals surface area contributed by atoms with Gasteiger partial charge in [-0.3, -0.25) is 4.79 Å². The van der Waals surface area contributed by atoms with Crippen molar-refractivity contribution in [1.29, 1.82) is 0 Å². The standard InChI is InChI=1S/C26H32O13/c1-11-21(28)15(32-3)8-18(35-11)38-23-14(10-27)6-13-7-17(25(30)34-5)37-26(31)20(13)24(23)39-19-9-16(33-4)22(29)12(2)36-19/h6-7,10-12,15-16,18-19,21-22,28-29H,8-9H2,1-5H3/t11-,12-,15+,16+,18-,19-,21-,22-/m1/s1. The van der Waals surface area contributed by atoms with Crippen LogP contribution in [0.5, 0.6) is 11.5 Å². The van der Waals surface area contributed by atoms with Crippen molar-refractivity contribution in [3.63, 3.8) is 0 Å². The van der Waals surface area contributed by atoms with Crippen LogP contribution < -0.4 is 15.1 Å². The summed E-state index contributed by atoms with van der Waals surface area (Å²) < 4.78 is 44.4. The molecule has 1 aromatic heterocycles. The van der Waals surface area contributed by atoms with Crippen LogP contribution in [0.15, 0.2) is 21.3 Å². The van der Waals surface area contributed by atoms with E-state index in [1.54, 1.807) is 13.8 Å². The monoisotopic (exact) mass is 552 g/mol. The Morgan fingerprint density at radius 2 is 1.46 bits per heavy atom. The topological polar surface area (TPSA) is 169 Å². The maximum Gasteiger partial charge on any atom is 0.374 e. The number of hydrogen-bond donors (Lipinski definition) is 2. The molecular formula is C26H32O13. The number of esters is 1. The van der Waals surface area contributed by atoms with Crippen LogP contribution in [0.25, 0.3) is 10.8 Å². The van der Waals surface area contributed by atoms with Crippen molar-refractivity contribution in [2.75, 3.05) is 21.3 Å². The SMILES string of the molecule is COC(=O)c1cc2cc(C=O)c(O[C@@H]3C[C@H](OC)[C@H](O)[C@@H](C)O3)c(O[C@@H]3C[C@H](OC)[C@H](O)[C@@H](C)O3)c2c(=O)o1. The summed E-state index contributed by atoms with van der Waals surface area (Å²) in [4.78, 5) is 37.5. The van der Waals surface area contributed by atoms with Crippen molar-refractivity contribution in [2.45, 2.75) is 75.9 Å². The van der Waals surface area contributed by atoms with Crippen LogP contribution in [0.4, 0.5) is 0 Å². The first-order valence-electron chi connectivity index (χ1n) is 12.4. The minimum atomic E-state index is -1.03. The molecule has 13 heteroatoms. The molecule has 0 amide bonds. The van der Waals surface area contributed by atoms with Crippen molar-refractivity contribution >= 4 is 23.0 Å². The van der Waals surface area contributed by atoms with Gasteiger partial charge in [-0.25, -0.2) is 9.59 Å². The Kier molecular flexibility index (Phi) is 8.89. The molecule has 0 bridgehead atoms. The van der Waals surface area contributed by atoms with Gasteiger partial charge in [-0.15, -0.1) is 0 Å².